The van der Waals surface area contributed by atoms with Gasteiger partial charge in [0.25, 0.3) is 0 Å². The Kier molecular flexibility index (Phi) is 23.7. The number of carboxylic acids is 2. The molecule has 0 aromatic carbocycles. The van der Waals surface area contributed by atoms with Crippen LogP contribution < -0.4 is 10.0 Å². The number of carboxylic acid groups (broad SMARTS) is 2. The van der Waals surface area contributed by atoms with Gasteiger partial charge in [-0.15, -0.1) is 12.4 Å². The molecule has 0 radical (unpaired) electrons. The third-order valence-corrected chi connectivity index (χ3v) is 12.1. The van der Waals surface area contributed by atoms with E-state index in [2.05, 4.69) is 16.7 Å². The van der Waals surface area contributed by atoms with Crippen molar-refractivity contribution in [2.75, 3.05) is 13.2 Å². The molecule has 0 spiro atoms. The molecule has 0 bridgehead atoms. The summed E-state index contributed by atoms with van der Waals surface area (Å²) in [7, 11) is -29.1. The molecule has 0 aromatic heterocycles. The van der Waals surface area contributed by atoms with Crippen molar-refractivity contribution in [1.29, 1.82) is 0 Å². The summed E-state index contributed by atoms with van der Waals surface area (Å²) in [5, 5.41) is 86.0. The van der Waals surface area contributed by atoms with Gasteiger partial charge in [-0.2, -0.15) is 46.8 Å². The molecule has 20 atom stereocenters. The van der Waals surface area contributed by atoms with Gasteiger partial charge in [-0.25, -0.2) is 26.3 Å². The molecule has 39 nitrogen and oxygen atoms in total. The molecule has 4 rings (SSSR count). The van der Waals surface area contributed by atoms with Crippen molar-refractivity contribution in [3.63, 3.8) is 0 Å². The minimum atomic E-state index is -6.09. The first-order chi connectivity index (χ1) is 31.8. The van der Waals surface area contributed by atoms with Gasteiger partial charge in [0.15, 0.2) is 49.6 Å². The summed E-state index contributed by atoms with van der Waals surface area (Å²) in [6.07, 6.45) is -49.1. The van der Waals surface area contributed by atoms with E-state index in [0.29, 0.717) is 0 Å². The molecule has 0 aromatic rings. The van der Waals surface area contributed by atoms with Gasteiger partial charge in [-0.1, -0.05) is 0 Å². The SMILES string of the molecule is CC(=O)N[C@@H]1[C@@H](O)[C@H](O[C@@H]2O[C@H](C(=O)O)[C@@H](O[C@@H]3O[C@H](CO)[C@@H](O[C@H]4O[C@@H](C(=O)O)[C@H](O)[C@@H](O)[C@@H]4OS(=O)(=O)O)[C@H](OS(=O)(=O)O)[C@H]3NS(=O)(=O)O)[C@H](O)[C@H]2OS(=O)(=O)O)[C@H](COS(=O)(=O)O)O[C@H]1O.Cl.[InH3]. The maximum atomic E-state index is 12.7. The quantitative estimate of drug-likeness (QED) is 0.0475. The van der Waals surface area contributed by atoms with Crippen LogP contribution in [0.25, 0.3) is 0 Å². The van der Waals surface area contributed by atoms with Crippen molar-refractivity contribution in [2.24, 2.45) is 0 Å². The third kappa shape index (κ3) is 18.3. The second-order valence-corrected chi connectivity index (χ2v) is 20.0. The number of nitrogens with one attached hydrogen (secondary N) is 2. The molecule has 15 N–H and O–H groups in total. The number of ether oxygens (including phenoxy) is 7. The zero-order valence-electron chi connectivity index (χ0n) is 34.5. The van der Waals surface area contributed by atoms with E-state index in [1.54, 1.807) is 0 Å². The number of hydrogen-bond acceptors (Lipinski definition) is 30. The Bertz CT molecular complexity index is 2460. The second kappa shape index (κ2) is 25.7. The van der Waals surface area contributed by atoms with Crippen molar-refractivity contribution >= 4 is 108 Å². The number of halogens is 1. The topological polar surface area (TPSA) is 610 Å². The summed E-state index contributed by atoms with van der Waals surface area (Å²) in [5.74, 6) is -5.49. The number of aliphatic carboxylic acids is 2. The zero-order chi connectivity index (χ0) is 53.4. The van der Waals surface area contributed by atoms with Gasteiger partial charge in [0, 0.05) is 6.92 Å². The Hall–Kier alpha value is -1.60. The molecule has 1 amide bonds. The van der Waals surface area contributed by atoms with Gasteiger partial charge < -0.3 is 79.3 Å². The monoisotopic (exact) mass is 1290 g/mol. The molecule has 4 aliphatic heterocycles. The predicted octanol–water partition coefficient (Wildman–Crippen LogP) is -11.5. The van der Waals surface area contributed by atoms with Crippen LogP contribution in [0.3, 0.4) is 0 Å². The van der Waals surface area contributed by atoms with E-state index >= 15 is 0 Å². The third-order valence-electron chi connectivity index (χ3n) is 9.68. The average Bonchev–Trinajstić information content (AvgIpc) is 3.18. The predicted molar refractivity (Wildman–Crippen MR) is 218 cm³/mol. The van der Waals surface area contributed by atoms with Gasteiger partial charge >= 0.3 is 89.7 Å². The van der Waals surface area contributed by atoms with Crippen LogP contribution in [0, 0.1) is 0 Å². The molecule has 0 saturated carbocycles. The van der Waals surface area contributed by atoms with Crippen LogP contribution in [0.5, 0.6) is 0 Å². The maximum absolute atomic E-state index is 12.7. The molecule has 0 aliphatic carbocycles. The molecule has 4 saturated heterocycles. The molecule has 4 aliphatic rings. The van der Waals surface area contributed by atoms with Crippen LogP contribution in [0.15, 0.2) is 0 Å². The normalized spacial score (nSPS) is 38.1. The van der Waals surface area contributed by atoms with E-state index in [9.17, 15) is 116 Å². The Labute approximate surface area is 428 Å². The van der Waals surface area contributed by atoms with Crippen LogP contribution in [-0.4, -0.2) is 285 Å². The number of carbonyl (C=O) groups is 3. The van der Waals surface area contributed by atoms with Crippen LogP contribution in [0.1, 0.15) is 6.92 Å². The fraction of sp³-hybridized carbons (Fsp3) is 0.885. The zero-order valence-corrected chi connectivity index (χ0v) is 39.4. The van der Waals surface area contributed by atoms with Crippen LogP contribution in [0.4, 0.5) is 0 Å². The van der Waals surface area contributed by atoms with E-state index in [0.717, 1.165) is 6.92 Å². The summed E-state index contributed by atoms with van der Waals surface area (Å²) in [6, 6.07) is -4.96. The fourth-order valence-electron chi connectivity index (χ4n) is 7.05. The Morgan fingerprint density at radius 2 is 0.986 bits per heavy atom. The van der Waals surface area contributed by atoms with Crippen molar-refractivity contribution < 1.29 is 170 Å². The minimum absolute atomic E-state index is 0. The summed E-state index contributed by atoms with van der Waals surface area (Å²) in [4.78, 5) is 36.4. The molecule has 0 unspecified atom stereocenters. The first-order valence-corrected chi connectivity index (χ1v) is 25.4. The van der Waals surface area contributed by atoms with E-state index in [4.69, 9.17) is 37.7 Å². The van der Waals surface area contributed by atoms with E-state index in [1.807, 2.05) is 5.32 Å². The second-order valence-electron chi connectivity index (χ2n) is 14.6. The summed E-state index contributed by atoms with van der Waals surface area (Å²) in [6.45, 7) is -2.24. The van der Waals surface area contributed by atoms with Crippen molar-refractivity contribution in [2.45, 2.75) is 130 Å². The van der Waals surface area contributed by atoms with Gasteiger partial charge in [0.05, 0.1) is 13.2 Å². The standard InChI is InChI=1S/C26H42N2O37S5.ClH.In.3H/c1-4(30)27-7-9(31)13(6(56-23(7)39)3-55-67(43,44)45)58-26-19(65-70(52,53)54)12(34)16(20(62-26)22(37)38)60-24-8(28-66(40,41)42)15(63-68(46,47)48)14(5(2-29)57-24)59-25-18(64-69(49,50)51)11(33)10(32)17(61-25)21(35)36;;;;;/h5-20,23-26,28-29,31-34,39H,2-3H2,1H3,(H,27,30)(H,35,36)(H,37,38)(H,40,41,42)(H,43,44,45)(H,46,47,48)(H,49,50,51)(H,52,53,54);1H;;;;/t5-,6+,7-,8-,9-,10-,11-,12+,13-,14-,15-,16+,17-,18+,19-,20+,23-,24+,25+,26-;;;;;/m1...../s1. The number of rotatable bonds is 21. The average molecular weight is 1290 g/mol. The Morgan fingerprint density at radius 3 is 1.43 bits per heavy atom. The number of aliphatic hydroxyl groups excluding tert-OH is 6. The van der Waals surface area contributed by atoms with Gasteiger partial charge in [-0.3, -0.25) is 27.6 Å². The summed E-state index contributed by atoms with van der Waals surface area (Å²) < 4.78 is 222. The number of hydrogen-bond donors (Lipinski definition) is 15. The van der Waals surface area contributed by atoms with E-state index < -0.39 is 206 Å². The molecule has 422 valence electrons. The first kappa shape index (κ1) is 66.5. The molecule has 72 heavy (non-hydrogen) atoms. The number of carbonyl (C=O) groups excluding carboxylic acids is 1. The van der Waals surface area contributed by atoms with E-state index in [-0.39, 0.29) is 38.3 Å². The van der Waals surface area contributed by atoms with Gasteiger partial charge in [0.2, 0.25) is 5.91 Å². The molecule has 46 heteroatoms. The van der Waals surface area contributed by atoms with Gasteiger partial charge in [0.1, 0.15) is 73.1 Å². The van der Waals surface area contributed by atoms with E-state index in [1.165, 1.54) is 4.72 Å². The summed E-state index contributed by atoms with van der Waals surface area (Å²) >= 11 is 0. The molecule has 4 heterocycles. The van der Waals surface area contributed by atoms with Crippen LogP contribution in [-0.2, 0) is 116 Å². The molecular weight excluding hydrogens is 1240 g/mol. The number of amides is 1. The Balaban J connectivity index is 0.00000888. The van der Waals surface area contributed by atoms with Crippen molar-refractivity contribution in [3.8, 4) is 0 Å². The molecular formula is C26H46ClInN2O37S5. The van der Waals surface area contributed by atoms with Crippen LogP contribution in [0.2, 0.25) is 0 Å². The Morgan fingerprint density at radius 1 is 0.528 bits per heavy atom. The fourth-order valence-corrected chi connectivity index (χ4v) is 9.43. The van der Waals surface area contributed by atoms with Crippen molar-refractivity contribution in [3.05, 3.63) is 0 Å². The van der Waals surface area contributed by atoms with Gasteiger partial charge in [-0.05, 0) is 0 Å². The van der Waals surface area contributed by atoms with Crippen LogP contribution >= 0.6 is 12.4 Å². The first-order valence-electron chi connectivity index (χ1n) is 18.5. The number of aliphatic hydroxyl groups is 6. The van der Waals surface area contributed by atoms with Crippen molar-refractivity contribution in [1.82, 2.24) is 10.0 Å². The summed E-state index contributed by atoms with van der Waals surface area (Å²) in [5.41, 5.74) is 0. The molecule has 4 fully saturated rings.